The summed E-state index contributed by atoms with van der Waals surface area (Å²) in [6.45, 7) is 1.26. The molecule has 0 radical (unpaired) electrons. The Hall–Kier alpha value is -4.26. The van der Waals surface area contributed by atoms with Gasteiger partial charge in [-0.2, -0.15) is 18.4 Å². The predicted molar refractivity (Wildman–Crippen MR) is 113 cm³/mol. The highest BCUT2D eigenvalue weighted by molar-refractivity contribution is 6.07. The highest BCUT2D eigenvalue weighted by atomic mass is 19.4. The van der Waals surface area contributed by atoms with Crippen LogP contribution in [0.2, 0.25) is 0 Å². The van der Waals surface area contributed by atoms with Gasteiger partial charge in [-0.1, -0.05) is 6.07 Å². The topological polar surface area (TPSA) is 99.0 Å². The van der Waals surface area contributed by atoms with Crippen molar-refractivity contribution in [1.29, 1.82) is 5.26 Å². The Morgan fingerprint density at radius 1 is 1.24 bits per heavy atom. The number of nitrogens with one attached hydrogen (secondary N) is 1. The lowest BCUT2D eigenvalue weighted by atomic mass is 10.00. The van der Waals surface area contributed by atoms with Gasteiger partial charge >= 0.3 is 6.18 Å². The van der Waals surface area contributed by atoms with Gasteiger partial charge in [0, 0.05) is 28.7 Å². The Morgan fingerprint density at radius 2 is 1.97 bits per heavy atom. The third kappa shape index (κ3) is 4.39. The van der Waals surface area contributed by atoms with Crippen molar-refractivity contribution in [2.75, 3.05) is 16.8 Å². The summed E-state index contributed by atoms with van der Waals surface area (Å²) in [5.74, 6) is -1.02. The van der Waals surface area contributed by atoms with Gasteiger partial charge in [0.05, 0.1) is 23.4 Å². The van der Waals surface area contributed by atoms with Crippen LogP contribution in [0, 0.1) is 18.3 Å². The van der Waals surface area contributed by atoms with E-state index in [9.17, 15) is 28.0 Å². The Balaban J connectivity index is 1.67. The van der Waals surface area contributed by atoms with E-state index in [-0.39, 0.29) is 17.8 Å². The molecule has 0 fully saturated rings. The standard InChI is InChI=1S/C23H16F3N5O2/c1-13-9-19-22(18(11-27)29-13)16-3-2-8-28-17(16)10-21(33)31(19)12-20(32)30-15-6-4-14(5-7-15)23(24,25)26/h2-9H,10,12H2,1H3,(H,30,32). The number of nitriles is 1. The smallest absolute Gasteiger partial charge is 0.325 e. The molecule has 166 valence electrons. The number of fused-ring (bicyclic) bond motifs is 3. The zero-order valence-corrected chi connectivity index (χ0v) is 17.3. The molecule has 0 bridgehead atoms. The summed E-state index contributed by atoms with van der Waals surface area (Å²) in [5.41, 5.74) is 1.68. The van der Waals surface area contributed by atoms with Crippen molar-refractivity contribution in [3.8, 4) is 17.2 Å². The maximum Gasteiger partial charge on any atom is 0.416 e. The summed E-state index contributed by atoms with van der Waals surface area (Å²) in [7, 11) is 0. The summed E-state index contributed by atoms with van der Waals surface area (Å²) in [6, 6.07) is 11.1. The highest BCUT2D eigenvalue weighted by Gasteiger charge is 2.32. The molecule has 1 aromatic carbocycles. The van der Waals surface area contributed by atoms with E-state index in [0.29, 0.717) is 28.2 Å². The van der Waals surface area contributed by atoms with Crippen LogP contribution in [0.1, 0.15) is 22.6 Å². The third-order valence-corrected chi connectivity index (χ3v) is 5.10. The van der Waals surface area contributed by atoms with Gasteiger partial charge in [-0.25, -0.2) is 4.98 Å². The van der Waals surface area contributed by atoms with Gasteiger partial charge < -0.3 is 10.2 Å². The van der Waals surface area contributed by atoms with Crippen LogP contribution in [0.4, 0.5) is 24.5 Å². The number of halogens is 3. The number of benzene rings is 1. The first-order chi connectivity index (χ1) is 15.7. The molecule has 3 aromatic rings. The van der Waals surface area contributed by atoms with Crippen LogP contribution in [0.25, 0.3) is 11.1 Å². The van der Waals surface area contributed by atoms with Crippen LogP contribution in [-0.4, -0.2) is 28.3 Å². The van der Waals surface area contributed by atoms with Crippen LogP contribution < -0.4 is 10.2 Å². The Bertz CT molecular complexity index is 1300. The molecule has 0 aliphatic carbocycles. The number of rotatable bonds is 3. The largest absolute Gasteiger partial charge is 0.416 e. The Labute approximate surface area is 186 Å². The first-order valence-corrected chi connectivity index (χ1v) is 9.81. The zero-order valence-electron chi connectivity index (χ0n) is 17.3. The third-order valence-electron chi connectivity index (χ3n) is 5.10. The second kappa shape index (κ2) is 8.35. The van der Waals surface area contributed by atoms with Crippen molar-refractivity contribution in [1.82, 2.24) is 9.97 Å². The number of anilines is 2. The summed E-state index contributed by atoms with van der Waals surface area (Å²) in [4.78, 5) is 35.6. The van der Waals surface area contributed by atoms with Gasteiger partial charge in [-0.15, -0.1) is 0 Å². The lowest BCUT2D eigenvalue weighted by Gasteiger charge is -2.23. The molecule has 1 aliphatic rings. The molecule has 1 N–H and O–H groups in total. The van der Waals surface area contributed by atoms with Crippen LogP contribution in [0.5, 0.6) is 0 Å². The Morgan fingerprint density at radius 3 is 2.64 bits per heavy atom. The van der Waals surface area contributed by atoms with E-state index in [2.05, 4.69) is 15.3 Å². The molecule has 2 aromatic heterocycles. The van der Waals surface area contributed by atoms with Crippen molar-refractivity contribution in [2.24, 2.45) is 0 Å². The molecule has 0 saturated heterocycles. The first kappa shape index (κ1) is 22.0. The number of pyridine rings is 2. The summed E-state index contributed by atoms with van der Waals surface area (Å²) >= 11 is 0. The average molecular weight is 451 g/mol. The number of aromatic nitrogens is 2. The van der Waals surface area contributed by atoms with Crippen molar-refractivity contribution >= 4 is 23.2 Å². The van der Waals surface area contributed by atoms with E-state index in [1.165, 1.54) is 11.1 Å². The minimum atomic E-state index is -4.49. The number of carbonyl (C=O) groups is 2. The fourth-order valence-corrected chi connectivity index (χ4v) is 3.65. The van der Waals surface area contributed by atoms with Gasteiger partial charge in [0.15, 0.2) is 5.69 Å². The van der Waals surface area contributed by atoms with E-state index >= 15 is 0 Å². The van der Waals surface area contributed by atoms with E-state index < -0.39 is 30.1 Å². The second-order valence-corrected chi connectivity index (χ2v) is 7.40. The van der Waals surface area contributed by atoms with E-state index in [1.807, 2.05) is 6.07 Å². The van der Waals surface area contributed by atoms with Crippen LogP contribution >= 0.6 is 0 Å². The quantitative estimate of drug-likeness (QED) is 0.652. The van der Waals surface area contributed by atoms with Crippen molar-refractivity contribution < 1.29 is 22.8 Å². The van der Waals surface area contributed by atoms with E-state index in [1.54, 1.807) is 25.1 Å². The van der Waals surface area contributed by atoms with Gasteiger partial charge in [0.2, 0.25) is 11.8 Å². The number of aryl methyl sites for hydroxylation is 1. The molecule has 2 amide bonds. The summed E-state index contributed by atoms with van der Waals surface area (Å²) in [5, 5.41) is 12.2. The van der Waals surface area contributed by atoms with Gasteiger partial charge in [-0.05, 0) is 43.3 Å². The molecule has 4 rings (SSSR count). The second-order valence-electron chi connectivity index (χ2n) is 7.40. The zero-order chi connectivity index (χ0) is 23.8. The van der Waals surface area contributed by atoms with Gasteiger partial charge in [-0.3, -0.25) is 14.6 Å². The molecule has 0 saturated carbocycles. The van der Waals surface area contributed by atoms with Crippen molar-refractivity contribution in [3.05, 3.63) is 71.3 Å². The number of hydrogen-bond donors (Lipinski definition) is 1. The first-order valence-electron chi connectivity index (χ1n) is 9.81. The van der Waals surface area contributed by atoms with Gasteiger partial charge in [0.25, 0.3) is 0 Å². The highest BCUT2D eigenvalue weighted by Crippen LogP contribution is 2.38. The van der Waals surface area contributed by atoms with Crippen LogP contribution in [-0.2, 0) is 22.2 Å². The van der Waals surface area contributed by atoms with Crippen molar-refractivity contribution in [3.63, 3.8) is 0 Å². The molecule has 33 heavy (non-hydrogen) atoms. The molecule has 1 aliphatic heterocycles. The molecule has 3 heterocycles. The number of amides is 2. The maximum absolute atomic E-state index is 13.1. The lowest BCUT2D eigenvalue weighted by Crippen LogP contribution is -2.38. The molecule has 0 unspecified atom stereocenters. The average Bonchev–Trinajstić information content (AvgIpc) is 2.87. The summed E-state index contributed by atoms with van der Waals surface area (Å²) < 4.78 is 38.3. The molecule has 0 spiro atoms. The number of nitrogens with zero attached hydrogens (tertiary/aromatic N) is 4. The molecule has 10 heteroatoms. The van der Waals surface area contributed by atoms with Gasteiger partial charge in [0.1, 0.15) is 12.6 Å². The molecule has 0 atom stereocenters. The number of hydrogen-bond acceptors (Lipinski definition) is 5. The minimum Gasteiger partial charge on any atom is -0.325 e. The number of carbonyl (C=O) groups excluding carboxylic acids is 2. The van der Waals surface area contributed by atoms with E-state index in [4.69, 9.17) is 0 Å². The van der Waals surface area contributed by atoms with E-state index in [0.717, 1.165) is 24.3 Å². The Kier molecular flexibility index (Phi) is 5.55. The predicted octanol–water partition coefficient (Wildman–Crippen LogP) is 3.87. The molecule has 7 nitrogen and oxygen atoms in total. The maximum atomic E-state index is 13.1. The monoisotopic (exact) mass is 451 g/mol. The van der Waals surface area contributed by atoms with Crippen LogP contribution in [0.3, 0.4) is 0 Å². The lowest BCUT2D eigenvalue weighted by molar-refractivity contribution is -0.137. The number of alkyl halides is 3. The molecular formula is C23H16F3N5O2. The minimum absolute atomic E-state index is 0.0949. The summed E-state index contributed by atoms with van der Waals surface area (Å²) in [6.07, 6.45) is -3.05. The fraction of sp³-hybridized carbons (Fsp3) is 0.174. The normalized spacial score (nSPS) is 12.9. The SMILES string of the molecule is Cc1cc2c(c(C#N)n1)-c1cccnc1CC(=O)N2CC(=O)Nc1ccc(C(F)(F)F)cc1. The van der Waals surface area contributed by atoms with Crippen LogP contribution in [0.15, 0.2) is 48.7 Å². The fourth-order valence-electron chi connectivity index (χ4n) is 3.65. The van der Waals surface area contributed by atoms with Crippen molar-refractivity contribution in [2.45, 2.75) is 19.5 Å². The molecular weight excluding hydrogens is 435 g/mol.